The summed E-state index contributed by atoms with van der Waals surface area (Å²) in [6, 6.07) is 7.38. The molecule has 144 valence electrons. The fourth-order valence-electron chi connectivity index (χ4n) is 3.49. The minimum absolute atomic E-state index is 0.0888. The molecule has 1 aromatic heterocycles. The normalized spacial score (nSPS) is 15.8. The third-order valence-electron chi connectivity index (χ3n) is 4.86. The van der Waals surface area contributed by atoms with Crippen LogP contribution < -0.4 is 10.1 Å². The quantitative estimate of drug-likeness (QED) is 0.792. The average Bonchev–Trinajstić information content (AvgIpc) is 3.19. The highest BCUT2D eigenvalue weighted by Crippen LogP contribution is 2.35. The predicted octanol–water partition coefficient (Wildman–Crippen LogP) is 3.76. The van der Waals surface area contributed by atoms with Crippen LogP contribution in [0.25, 0.3) is 0 Å². The van der Waals surface area contributed by atoms with Crippen LogP contribution in [0.5, 0.6) is 5.75 Å². The van der Waals surface area contributed by atoms with Crippen LogP contribution in [0.2, 0.25) is 0 Å². The highest BCUT2D eigenvalue weighted by molar-refractivity contribution is 7.10. The molecular formula is C20H24N2O4S. The van der Waals surface area contributed by atoms with Gasteiger partial charge in [-0.3, -0.25) is 0 Å². The lowest BCUT2D eigenvalue weighted by molar-refractivity contribution is 0.0597. The minimum atomic E-state index is -0.466. The Morgan fingerprint density at radius 1 is 1.30 bits per heavy atom. The summed E-state index contributed by atoms with van der Waals surface area (Å²) < 4.78 is 10.00. The van der Waals surface area contributed by atoms with Crippen LogP contribution in [-0.4, -0.2) is 37.7 Å². The minimum Gasteiger partial charge on any atom is -0.496 e. The van der Waals surface area contributed by atoms with E-state index in [1.807, 2.05) is 11.0 Å². The molecule has 0 saturated heterocycles. The summed E-state index contributed by atoms with van der Waals surface area (Å²) in [5.41, 5.74) is 2.42. The van der Waals surface area contributed by atoms with Crippen LogP contribution in [0.1, 0.15) is 45.7 Å². The van der Waals surface area contributed by atoms with Gasteiger partial charge in [-0.05, 0) is 47.5 Å². The van der Waals surface area contributed by atoms with Crippen molar-refractivity contribution in [1.82, 2.24) is 10.2 Å². The smallest absolute Gasteiger partial charge is 0.341 e. The van der Waals surface area contributed by atoms with E-state index in [2.05, 4.69) is 23.7 Å². The van der Waals surface area contributed by atoms with E-state index in [0.717, 1.165) is 18.4 Å². The lowest BCUT2D eigenvalue weighted by atomic mass is 9.98. The van der Waals surface area contributed by atoms with Crippen molar-refractivity contribution in [2.24, 2.45) is 0 Å². The molecule has 1 aliphatic rings. The average molecular weight is 388 g/mol. The topological polar surface area (TPSA) is 67.9 Å². The Kier molecular flexibility index (Phi) is 6.01. The summed E-state index contributed by atoms with van der Waals surface area (Å²) in [7, 11) is 2.83. The van der Waals surface area contributed by atoms with Crippen molar-refractivity contribution in [3.63, 3.8) is 0 Å². The van der Waals surface area contributed by atoms with E-state index in [-0.39, 0.29) is 12.1 Å². The number of carbonyl (C=O) groups excluding carboxylic acids is 2. The standard InChI is InChI=1S/C20H24N2O4S/c1-4-16-14-8-10-27-18(14)7-9-22(16)20(24)21-12-13-5-6-17(25-2)15(11-13)19(23)26-3/h5-6,8,10-11,16H,4,7,9,12H2,1-3H3,(H,21,24)/t16-/m0/s1. The third-order valence-corrected chi connectivity index (χ3v) is 5.85. The monoisotopic (exact) mass is 388 g/mol. The number of hydrogen-bond acceptors (Lipinski definition) is 5. The van der Waals surface area contributed by atoms with Gasteiger partial charge in [0.05, 0.1) is 20.3 Å². The number of ether oxygens (including phenoxy) is 2. The number of fused-ring (bicyclic) bond motifs is 1. The Morgan fingerprint density at radius 2 is 2.11 bits per heavy atom. The maximum atomic E-state index is 12.8. The summed E-state index contributed by atoms with van der Waals surface area (Å²) >= 11 is 1.76. The van der Waals surface area contributed by atoms with Crippen molar-refractivity contribution in [3.8, 4) is 5.75 Å². The number of carbonyl (C=O) groups is 2. The van der Waals surface area contributed by atoms with Gasteiger partial charge >= 0.3 is 12.0 Å². The second-order valence-corrected chi connectivity index (χ2v) is 7.35. The molecule has 0 unspecified atom stereocenters. The molecule has 1 aliphatic heterocycles. The molecule has 0 spiro atoms. The number of rotatable bonds is 5. The number of esters is 1. The van der Waals surface area contributed by atoms with E-state index in [4.69, 9.17) is 9.47 Å². The number of amides is 2. The van der Waals surface area contributed by atoms with Crippen LogP contribution in [0.4, 0.5) is 4.79 Å². The molecule has 6 nitrogen and oxygen atoms in total. The van der Waals surface area contributed by atoms with Gasteiger partial charge in [-0.15, -0.1) is 11.3 Å². The molecule has 27 heavy (non-hydrogen) atoms. The largest absolute Gasteiger partial charge is 0.496 e. The summed E-state index contributed by atoms with van der Waals surface area (Å²) in [5, 5.41) is 5.07. The van der Waals surface area contributed by atoms with Gasteiger partial charge in [0.25, 0.3) is 0 Å². The SMILES string of the molecule is CC[C@H]1c2ccsc2CCN1C(=O)NCc1ccc(OC)c(C(=O)OC)c1. The fourth-order valence-corrected chi connectivity index (χ4v) is 4.42. The summed E-state index contributed by atoms with van der Waals surface area (Å²) in [6.07, 6.45) is 1.78. The number of methoxy groups -OCH3 is 2. The van der Waals surface area contributed by atoms with Gasteiger partial charge in [-0.1, -0.05) is 13.0 Å². The molecule has 1 atom stereocenters. The van der Waals surface area contributed by atoms with Crippen molar-refractivity contribution in [2.45, 2.75) is 32.4 Å². The van der Waals surface area contributed by atoms with Crippen LogP contribution in [-0.2, 0) is 17.7 Å². The molecule has 0 bridgehead atoms. The molecule has 1 aromatic carbocycles. The number of nitrogens with one attached hydrogen (secondary N) is 1. The van der Waals surface area contributed by atoms with Crippen LogP contribution in [0.3, 0.4) is 0 Å². The Morgan fingerprint density at radius 3 is 2.81 bits per heavy atom. The zero-order chi connectivity index (χ0) is 19.4. The first-order valence-corrected chi connectivity index (χ1v) is 9.83. The number of hydrogen-bond donors (Lipinski definition) is 1. The molecule has 0 radical (unpaired) electrons. The first-order valence-electron chi connectivity index (χ1n) is 8.95. The van der Waals surface area contributed by atoms with Crippen molar-refractivity contribution in [2.75, 3.05) is 20.8 Å². The van der Waals surface area contributed by atoms with Gasteiger partial charge in [-0.2, -0.15) is 0 Å². The molecule has 0 aliphatic carbocycles. The molecule has 2 aromatic rings. The Balaban J connectivity index is 1.70. The number of benzene rings is 1. The molecule has 3 rings (SSSR count). The van der Waals surface area contributed by atoms with Crippen LogP contribution >= 0.6 is 11.3 Å². The Labute approximate surface area is 163 Å². The van der Waals surface area contributed by atoms with Gasteiger partial charge in [0.15, 0.2) is 0 Å². The van der Waals surface area contributed by atoms with E-state index in [1.54, 1.807) is 23.5 Å². The lowest BCUT2D eigenvalue weighted by Crippen LogP contribution is -2.44. The summed E-state index contributed by atoms with van der Waals surface area (Å²) in [5.74, 6) is -0.0175. The van der Waals surface area contributed by atoms with Gasteiger partial charge in [0.1, 0.15) is 11.3 Å². The zero-order valence-corrected chi connectivity index (χ0v) is 16.6. The highest BCUT2D eigenvalue weighted by atomic mass is 32.1. The zero-order valence-electron chi connectivity index (χ0n) is 15.8. The molecule has 2 heterocycles. The number of urea groups is 1. The lowest BCUT2D eigenvalue weighted by Gasteiger charge is -2.35. The molecule has 0 fully saturated rings. The van der Waals surface area contributed by atoms with E-state index >= 15 is 0 Å². The van der Waals surface area contributed by atoms with Crippen molar-refractivity contribution in [1.29, 1.82) is 0 Å². The van der Waals surface area contributed by atoms with Gasteiger partial charge in [0, 0.05) is 18.0 Å². The van der Waals surface area contributed by atoms with Gasteiger partial charge < -0.3 is 19.7 Å². The molecule has 0 saturated carbocycles. The fraction of sp³-hybridized carbons (Fsp3) is 0.400. The molecule has 2 amide bonds. The first kappa shape index (κ1) is 19.2. The van der Waals surface area contributed by atoms with Crippen LogP contribution in [0.15, 0.2) is 29.6 Å². The predicted molar refractivity (Wildman–Crippen MR) is 104 cm³/mol. The van der Waals surface area contributed by atoms with E-state index in [9.17, 15) is 9.59 Å². The van der Waals surface area contributed by atoms with E-state index < -0.39 is 5.97 Å². The number of thiophene rings is 1. The second-order valence-electron chi connectivity index (χ2n) is 6.35. The maximum absolute atomic E-state index is 12.8. The second kappa shape index (κ2) is 8.43. The van der Waals surface area contributed by atoms with E-state index in [0.29, 0.717) is 24.4 Å². The van der Waals surface area contributed by atoms with Gasteiger partial charge in [-0.25, -0.2) is 9.59 Å². The van der Waals surface area contributed by atoms with Crippen molar-refractivity contribution >= 4 is 23.3 Å². The first-order chi connectivity index (χ1) is 13.1. The number of nitrogens with zero attached hydrogens (tertiary/aromatic N) is 1. The summed E-state index contributed by atoms with van der Waals surface area (Å²) in [6.45, 7) is 3.15. The molecule has 1 N–H and O–H groups in total. The van der Waals surface area contributed by atoms with Gasteiger partial charge in [0.2, 0.25) is 0 Å². The third kappa shape index (κ3) is 3.93. The summed E-state index contributed by atoms with van der Waals surface area (Å²) in [4.78, 5) is 28.0. The van der Waals surface area contributed by atoms with Crippen molar-refractivity contribution in [3.05, 3.63) is 51.2 Å². The Bertz CT molecular complexity index is 833. The van der Waals surface area contributed by atoms with Crippen LogP contribution in [0, 0.1) is 0 Å². The van der Waals surface area contributed by atoms with Crippen molar-refractivity contribution < 1.29 is 19.1 Å². The molecule has 7 heteroatoms. The Hall–Kier alpha value is -2.54. The van der Waals surface area contributed by atoms with E-state index in [1.165, 1.54) is 24.7 Å². The highest BCUT2D eigenvalue weighted by Gasteiger charge is 2.30. The molecular weight excluding hydrogens is 364 g/mol. The maximum Gasteiger partial charge on any atom is 0.341 e.